The molecule has 7 heteroatoms. The summed E-state index contributed by atoms with van der Waals surface area (Å²) >= 11 is 12.7. The first-order valence-corrected chi connectivity index (χ1v) is 11.8. The van der Waals surface area contributed by atoms with Gasteiger partial charge < -0.3 is 15.0 Å². The van der Waals surface area contributed by atoms with Gasteiger partial charge in [-0.2, -0.15) is 0 Å². The van der Waals surface area contributed by atoms with Crippen molar-refractivity contribution in [3.05, 3.63) is 63.6 Å². The molecule has 0 aliphatic heterocycles. The van der Waals surface area contributed by atoms with Crippen LogP contribution in [-0.2, 0) is 16.1 Å². The van der Waals surface area contributed by atoms with Crippen LogP contribution in [0.2, 0.25) is 10.0 Å². The van der Waals surface area contributed by atoms with Gasteiger partial charge in [0.2, 0.25) is 11.8 Å². The Kier molecular flexibility index (Phi) is 10.8. The van der Waals surface area contributed by atoms with Crippen molar-refractivity contribution in [2.75, 3.05) is 13.2 Å². The number of benzene rings is 2. The monoisotopic (exact) mass is 478 g/mol. The van der Waals surface area contributed by atoms with Crippen LogP contribution >= 0.6 is 23.2 Å². The van der Waals surface area contributed by atoms with Crippen LogP contribution in [0.4, 0.5) is 0 Å². The first-order valence-electron chi connectivity index (χ1n) is 11.1. The predicted molar refractivity (Wildman–Crippen MR) is 130 cm³/mol. The van der Waals surface area contributed by atoms with E-state index in [1.165, 1.54) is 0 Å². The zero-order valence-electron chi connectivity index (χ0n) is 19.0. The molecule has 1 atom stereocenters. The van der Waals surface area contributed by atoms with Gasteiger partial charge in [0.05, 0.1) is 6.61 Å². The molecule has 0 aromatic heterocycles. The van der Waals surface area contributed by atoms with Crippen molar-refractivity contribution < 1.29 is 14.3 Å². The second-order valence-electron chi connectivity index (χ2n) is 7.70. The highest BCUT2D eigenvalue weighted by atomic mass is 35.5. The number of carbonyl (C=O) groups is 2. The summed E-state index contributed by atoms with van der Waals surface area (Å²) in [6, 6.07) is 12.4. The number of nitrogens with one attached hydrogen (secondary N) is 1. The van der Waals surface area contributed by atoms with Crippen LogP contribution < -0.4 is 10.1 Å². The van der Waals surface area contributed by atoms with E-state index in [1.54, 1.807) is 23.1 Å². The Morgan fingerprint density at radius 2 is 1.72 bits per heavy atom. The molecule has 0 spiro atoms. The Labute approximate surface area is 201 Å². The van der Waals surface area contributed by atoms with E-state index in [9.17, 15) is 9.59 Å². The zero-order chi connectivity index (χ0) is 23.5. The molecule has 0 aliphatic carbocycles. The smallest absolute Gasteiger partial charge is 0.242 e. The SMILES string of the molecule is CCCNC(=O)[C@@H](CC)N(Cc1c(Cl)cccc1Cl)C(=O)CCCOc1ccc(C)cc1. The fourth-order valence-electron chi connectivity index (χ4n) is 3.33. The van der Waals surface area contributed by atoms with Crippen LogP contribution in [0.1, 0.15) is 50.7 Å². The first kappa shape index (κ1) is 26.0. The van der Waals surface area contributed by atoms with Crippen molar-refractivity contribution in [2.24, 2.45) is 0 Å². The standard InChI is InChI=1S/C25H32Cl2N2O3/c1-4-15-28-25(31)23(5-2)29(17-20-21(26)8-6-9-22(20)27)24(30)10-7-16-32-19-13-11-18(3)12-14-19/h6,8-9,11-14,23H,4-5,7,10,15-17H2,1-3H3,(H,28,31)/t23-/m1/s1. The Morgan fingerprint density at radius 3 is 2.31 bits per heavy atom. The number of hydrogen-bond donors (Lipinski definition) is 1. The largest absolute Gasteiger partial charge is 0.494 e. The van der Waals surface area contributed by atoms with Crippen molar-refractivity contribution in [3.63, 3.8) is 0 Å². The van der Waals surface area contributed by atoms with Crippen LogP contribution in [0.5, 0.6) is 5.75 Å². The molecule has 0 unspecified atom stereocenters. The van der Waals surface area contributed by atoms with Gasteiger partial charge in [0.15, 0.2) is 0 Å². The summed E-state index contributed by atoms with van der Waals surface area (Å²) in [4.78, 5) is 27.6. The Bertz CT molecular complexity index is 867. The molecule has 2 aromatic rings. The molecule has 1 N–H and O–H groups in total. The van der Waals surface area contributed by atoms with Crippen LogP contribution in [0.3, 0.4) is 0 Å². The molecular formula is C25H32Cl2N2O3. The second-order valence-corrected chi connectivity index (χ2v) is 8.52. The molecule has 0 saturated carbocycles. The summed E-state index contributed by atoms with van der Waals surface area (Å²) in [5.74, 6) is 0.474. The lowest BCUT2D eigenvalue weighted by molar-refractivity contribution is -0.141. The minimum Gasteiger partial charge on any atom is -0.494 e. The maximum absolute atomic E-state index is 13.2. The topological polar surface area (TPSA) is 58.6 Å². The van der Waals surface area contributed by atoms with E-state index in [0.717, 1.165) is 17.7 Å². The second kappa shape index (κ2) is 13.3. The number of carbonyl (C=O) groups excluding carboxylic acids is 2. The minimum atomic E-state index is -0.598. The number of hydrogen-bond acceptors (Lipinski definition) is 3. The highest BCUT2D eigenvalue weighted by Gasteiger charge is 2.29. The van der Waals surface area contributed by atoms with Crippen molar-refractivity contribution in [3.8, 4) is 5.75 Å². The molecule has 0 aliphatic rings. The van der Waals surface area contributed by atoms with Gasteiger partial charge in [-0.05, 0) is 50.5 Å². The maximum Gasteiger partial charge on any atom is 0.242 e. The summed E-state index contributed by atoms with van der Waals surface area (Å²) in [6.07, 6.45) is 2.10. The zero-order valence-corrected chi connectivity index (χ0v) is 20.5. The van der Waals surface area contributed by atoms with Crippen molar-refractivity contribution in [1.82, 2.24) is 10.2 Å². The van der Waals surface area contributed by atoms with Crippen LogP contribution in [0.25, 0.3) is 0 Å². The van der Waals surface area contributed by atoms with E-state index in [0.29, 0.717) is 41.6 Å². The van der Waals surface area contributed by atoms with Crippen LogP contribution in [0.15, 0.2) is 42.5 Å². The minimum absolute atomic E-state index is 0.132. The third-order valence-electron chi connectivity index (χ3n) is 5.15. The third kappa shape index (κ3) is 7.72. The Hall–Kier alpha value is -2.24. The van der Waals surface area contributed by atoms with Gasteiger partial charge in [0.25, 0.3) is 0 Å². The molecular weight excluding hydrogens is 447 g/mol. The van der Waals surface area contributed by atoms with Crippen LogP contribution in [0, 0.1) is 6.92 Å². The van der Waals surface area contributed by atoms with Crippen molar-refractivity contribution >= 4 is 35.0 Å². The van der Waals surface area contributed by atoms with E-state index in [2.05, 4.69) is 5.32 Å². The predicted octanol–water partition coefficient (Wildman–Crippen LogP) is 5.79. The third-order valence-corrected chi connectivity index (χ3v) is 5.86. The van der Waals surface area contributed by atoms with Crippen LogP contribution in [-0.4, -0.2) is 35.9 Å². The van der Waals surface area contributed by atoms with E-state index in [-0.39, 0.29) is 24.8 Å². The number of amides is 2. The number of rotatable bonds is 12. The van der Waals surface area contributed by atoms with Gasteiger partial charge >= 0.3 is 0 Å². The molecule has 2 amide bonds. The van der Waals surface area contributed by atoms with Gasteiger partial charge in [-0.25, -0.2) is 0 Å². The molecule has 5 nitrogen and oxygen atoms in total. The summed E-state index contributed by atoms with van der Waals surface area (Å²) < 4.78 is 5.74. The van der Waals surface area contributed by atoms with Gasteiger partial charge in [-0.3, -0.25) is 9.59 Å². The maximum atomic E-state index is 13.2. The quantitative estimate of drug-likeness (QED) is 0.392. The van der Waals surface area contributed by atoms with Crippen molar-refractivity contribution in [1.29, 1.82) is 0 Å². The normalized spacial score (nSPS) is 11.7. The Balaban J connectivity index is 2.10. The van der Waals surface area contributed by atoms with E-state index >= 15 is 0 Å². The number of nitrogens with zero attached hydrogens (tertiary/aromatic N) is 1. The highest BCUT2D eigenvalue weighted by Crippen LogP contribution is 2.27. The number of halogens is 2. The lowest BCUT2D eigenvalue weighted by Crippen LogP contribution is -2.49. The Morgan fingerprint density at radius 1 is 1.06 bits per heavy atom. The fraction of sp³-hybridized carbons (Fsp3) is 0.440. The first-order chi connectivity index (χ1) is 15.4. The lowest BCUT2D eigenvalue weighted by atomic mass is 10.1. The summed E-state index contributed by atoms with van der Waals surface area (Å²) in [5, 5.41) is 3.85. The molecule has 2 rings (SSSR count). The fourth-order valence-corrected chi connectivity index (χ4v) is 3.85. The number of ether oxygens (including phenoxy) is 1. The van der Waals surface area contributed by atoms with Gasteiger partial charge in [0.1, 0.15) is 11.8 Å². The molecule has 0 saturated heterocycles. The average Bonchev–Trinajstić information content (AvgIpc) is 2.78. The number of aryl methyl sites for hydroxylation is 1. The van der Waals surface area contributed by atoms with Gasteiger partial charge in [-0.1, -0.05) is 60.8 Å². The van der Waals surface area contributed by atoms with Gasteiger partial charge in [-0.15, -0.1) is 0 Å². The molecule has 0 fully saturated rings. The lowest BCUT2D eigenvalue weighted by Gasteiger charge is -2.31. The van der Waals surface area contributed by atoms with Gasteiger partial charge in [0, 0.05) is 35.1 Å². The summed E-state index contributed by atoms with van der Waals surface area (Å²) in [7, 11) is 0. The molecule has 0 bridgehead atoms. The molecule has 2 aromatic carbocycles. The van der Waals surface area contributed by atoms with Crippen molar-refractivity contribution in [2.45, 2.75) is 59.0 Å². The van der Waals surface area contributed by atoms with E-state index < -0.39 is 6.04 Å². The summed E-state index contributed by atoms with van der Waals surface area (Å²) in [5.41, 5.74) is 1.80. The molecule has 32 heavy (non-hydrogen) atoms. The molecule has 0 heterocycles. The molecule has 174 valence electrons. The average molecular weight is 479 g/mol. The highest BCUT2D eigenvalue weighted by molar-refractivity contribution is 6.36. The molecule has 0 radical (unpaired) electrons. The van der Waals surface area contributed by atoms with E-state index in [4.69, 9.17) is 27.9 Å². The summed E-state index contributed by atoms with van der Waals surface area (Å²) in [6.45, 7) is 7.05. The van der Waals surface area contributed by atoms with E-state index in [1.807, 2.05) is 45.0 Å².